The molecule has 0 aromatic rings. The molecule has 0 saturated heterocycles. The van der Waals surface area contributed by atoms with E-state index in [0.29, 0.717) is 6.42 Å². The van der Waals surface area contributed by atoms with Crippen LogP contribution >= 0.6 is 0 Å². The molecule has 6 nitrogen and oxygen atoms in total. The summed E-state index contributed by atoms with van der Waals surface area (Å²) in [6.45, 7) is 14.5. The summed E-state index contributed by atoms with van der Waals surface area (Å²) in [5.41, 5.74) is -2.12. The van der Waals surface area contributed by atoms with E-state index in [2.05, 4.69) is 30.3 Å². The fourth-order valence-electron chi connectivity index (χ4n) is 4.05. The summed E-state index contributed by atoms with van der Waals surface area (Å²) < 4.78 is 24.8. The average Bonchev–Trinajstić information content (AvgIpc) is 2.72. The van der Waals surface area contributed by atoms with E-state index >= 15 is 0 Å². The molecule has 0 aromatic carbocycles. The molecule has 0 rings (SSSR count). The first-order valence-electron chi connectivity index (χ1n) is 12.3. The van der Waals surface area contributed by atoms with Crippen molar-refractivity contribution < 1.29 is 43.3 Å². The van der Waals surface area contributed by atoms with E-state index in [1.54, 1.807) is 0 Å². The second-order valence-corrected chi connectivity index (χ2v) is 10.8. The summed E-state index contributed by atoms with van der Waals surface area (Å²) in [4.78, 5) is 38.4. The van der Waals surface area contributed by atoms with Gasteiger partial charge in [-0.3, -0.25) is 0 Å². The summed E-state index contributed by atoms with van der Waals surface area (Å²) in [6.07, 6.45) is 13.2. The molecule has 0 amide bonds. The summed E-state index contributed by atoms with van der Waals surface area (Å²) >= 11 is -4.29. The number of ketones is 2. The maximum absolute atomic E-state index is 12.9. The van der Waals surface area contributed by atoms with Crippen LogP contribution in [0, 0.1) is 11.3 Å². The molecule has 0 saturated carbocycles. The minimum atomic E-state index is -4.29. The molecule has 0 aliphatic rings. The molecule has 1 N–H and O–H groups in total. The van der Waals surface area contributed by atoms with Crippen LogP contribution < -0.4 is 0 Å². The molecule has 0 bridgehead atoms. The maximum atomic E-state index is 12.9. The quantitative estimate of drug-likeness (QED) is 0.0909. The molecular weight excluding hydrogens is 456 g/mol. The van der Waals surface area contributed by atoms with Gasteiger partial charge < -0.3 is 0 Å². The molecule has 0 heterocycles. The van der Waals surface area contributed by atoms with E-state index in [-0.39, 0.29) is 17.6 Å². The number of Topliss-reactive ketones (excluding diaryl/α,β-unsaturated/α-hetero) is 2. The Kier molecular flexibility index (Phi) is 16.6. The fourth-order valence-corrected chi connectivity index (χ4v) is 4.57. The first kappa shape index (κ1) is 31.8. The van der Waals surface area contributed by atoms with Crippen molar-refractivity contribution in [2.45, 2.75) is 111 Å². The molecule has 0 radical (unpaired) electrons. The number of allylic oxidation sites excluding steroid dienone is 2. The monoisotopic (exact) mass is 500 g/mol. The van der Waals surface area contributed by atoms with Crippen LogP contribution in [0.15, 0.2) is 24.3 Å². The SMILES string of the molecule is C=C(C)C(=O)C(CCCCCCCCCCCCCC(C)C)(C(=O)[O][Ti](=[O])[OH])C(=O)C(=C)C. The second kappa shape index (κ2) is 17.2. The molecule has 33 heavy (non-hydrogen) atoms. The Morgan fingerprint density at radius 3 is 1.48 bits per heavy atom. The van der Waals surface area contributed by atoms with Gasteiger partial charge in [0.1, 0.15) is 0 Å². The van der Waals surface area contributed by atoms with Gasteiger partial charge in [-0.05, 0) is 5.92 Å². The van der Waals surface area contributed by atoms with E-state index in [4.69, 9.17) is 3.69 Å². The Morgan fingerprint density at radius 1 is 0.788 bits per heavy atom. The zero-order valence-corrected chi connectivity index (χ0v) is 22.7. The Balaban J connectivity index is 4.61. The van der Waals surface area contributed by atoms with E-state index in [1.807, 2.05) is 0 Å². The fraction of sp³-hybridized carbons (Fsp3) is 0.731. The normalized spacial score (nSPS) is 11.3. The Morgan fingerprint density at radius 2 is 1.15 bits per heavy atom. The molecule has 0 atom stereocenters. The summed E-state index contributed by atoms with van der Waals surface area (Å²) in [5.74, 6) is -2.01. The molecule has 188 valence electrons. The van der Waals surface area contributed by atoms with Gasteiger partial charge in [0.05, 0.1) is 0 Å². The second-order valence-electron chi connectivity index (χ2n) is 9.60. The summed E-state index contributed by atoms with van der Waals surface area (Å²) in [6, 6.07) is 0. The van der Waals surface area contributed by atoms with Crippen LogP contribution in [0.1, 0.15) is 111 Å². The Hall–Kier alpha value is -1.24. The van der Waals surface area contributed by atoms with Gasteiger partial charge in [-0.25, -0.2) is 0 Å². The van der Waals surface area contributed by atoms with Crippen LogP contribution in [-0.4, -0.2) is 21.2 Å². The van der Waals surface area contributed by atoms with Crippen LogP contribution in [0.2, 0.25) is 0 Å². The van der Waals surface area contributed by atoms with Crippen molar-refractivity contribution in [1.29, 1.82) is 0 Å². The minimum absolute atomic E-state index is 0.0242. The van der Waals surface area contributed by atoms with Crippen LogP contribution in [-0.2, 0) is 39.6 Å². The van der Waals surface area contributed by atoms with Crippen molar-refractivity contribution in [3.05, 3.63) is 24.3 Å². The van der Waals surface area contributed by atoms with E-state index in [9.17, 15) is 17.7 Å². The van der Waals surface area contributed by atoms with Gasteiger partial charge in [-0.15, -0.1) is 0 Å². The van der Waals surface area contributed by atoms with Crippen molar-refractivity contribution in [3.8, 4) is 0 Å². The van der Waals surface area contributed by atoms with Crippen LogP contribution in [0.25, 0.3) is 0 Å². The molecule has 7 heteroatoms. The zero-order valence-electron chi connectivity index (χ0n) is 21.2. The van der Waals surface area contributed by atoms with Crippen molar-refractivity contribution >= 4 is 17.5 Å². The summed E-state index contributed by atoms with van der Waals surface area (Å²) in [7, 11) is 0. The third-order valence-corrected chi connectivity index (χ3v) is 6.47. The van der Waals surface area contributed by atoms with Crippen molar-refractivity contribution in [2.24, 2.45) is 11.3 Å². The molecule has 0 spiro atoms. The van der Waals surface area contributed by atoms with E-state index in [0.717, 1.165) is 31.6 Å². The van der Waals surface area contributed by atoms with Crippen LogP contribution in [0.5, 0.6) is 0 Å². The first-order chi connectivity index (χ1) is 15.5. The Bertz CT molecular complexity index is 669. The molecule has 0 aliphatic carbocycles. The number of rotatable bonds is 20. The Labute approximate surface area is 207 Å². The standard InChI is InChI=1S/C26H44O4.H2O.O.Ti/c1-20(2)18-16-14-12-10-8-7-9-11-13-15-17-19-26(25(29)30,23(27)21(3)4)24(28)22(5)6;;;/h20H,3,5,7-19H2,1-2,4,6H3,(H,29,30);1H2;;/q;;;+2/p-2. The number of hydrogen-bond donors (Lipinski definition) is 1. The van der Waals surface area contributed by atoms with Gasteiger partial charge in [-0.1, -0.05) is 39.5 Å². The van der Waals surface area contributed by atoms with Gasteiger partial charge >= 0.3 is 162 Å². The third kappa shape index (κ3) is 12.2. The van der Waals surface area contributed by atoms with Crippen molar-refractivity contribution in [2.75, 3.05) is 0 Å². The predicted molar refractivity (Wildman–Crippen MR) is 126 cm³/mol. The van der Waals surface area contributed by atoms with Gasteiger partial charge in [0, 0.05) is 0 Å². The number of unbranched alkanes of at least 4 members (excludes halogenated alkanes) is 10. The van der Waals surface area contributed by atoms with E-state index < -0.39 is 41.6 Å². The van der Waals surface area contributed by atoms with Gasteiger partial charge in [0.25, 0.3) is 0 Å². The van der Waals surface area contributed by atoms with Gasteiger partial charge in [-0.2, -0.15) is 0 Å². The number of carbonyl (C=O) groups excluding carboxylic acids is 3. The molecular formula is C26H44O6Ti. The van der Waals surface area contributed by atoms with Gasteiger partial charge in [0.2, 0.25) is 0 Å². The molecule has 0 aliphatic heterocycles. The first-order valence-corrected chi connectivity index (χ1v) is 14.3. The molecule has 0 fully saturated rings. The topological polar surface area (TPSA) is 97.7 Å². The van der Waals surface area contributed by atoms with Crippen LogP contribution in [0.3, 0.4) is 0 Å². The van der Waals surface area contributed by atoms with Gasteiger partial charge in [0.15, 0.2) is 0 Å². The van der Waals surface area contributed by atoms with Crippen molar-refractivity contribution in [1.82, 2.24) is 0 Å². The number of hydrogen-bond acceptors (Lipinski definition) is 5. The zero-order chi connectivity index (χ0) is 25.4. The van der Waals surface area contributed by atoms with Crippen LogP contribution in [0.4, 0.5) is 0 Å². The predicted octanol–water partition coefficient (Wildman–Crippen LogP) is 6.32. The molecule has 0 unspecified atom stereocenters. The third-order valence-electron chi connectivity index (χ3n) is 5.91. The number of carbonyl (C=O) groups is 3. The average molecular weight is 500 g/mol. The van der Waals surface area contributed by atoms with E-state index in [1.165, 1.54) is 58.8 Å². The van der Waals surface area contributed by atoms with Crippen molar-refractivity contribution in [3.63, 3.8) is 0 Å². The molecule has 0 aromatic heterocycles. The summed E-state index contributed by atoms with van der Waals surface area (Å²) in [5, 5.41) is 0.